The zero-order valence-electron chi connectivity index (χ0n) is 16.5. The normalized spacial score (nSPS) is 15.7. The molecule has 0 N–H and O–H groups in total. The fraction of sp³-hybridized carbons (Fsp3) is 0.320. The third-order valence-corrected chi connectivity index (χ3v) is 5.91. The average molecular weight is 447 g/mol. The van der Waals surface area contributed by atoms with Crippen molar-refractivity contribution in [2.45, 2.75) is 32.2 Å². The van der Waals surface area contributed by atoms with Gasteiger partial charge in [-0.15, -0.1) is 0 Å². The van der Waals surface area contributed by atoms with E-state index in [1.807, 2.05) is 0 Å². The van der Waals surface area contributed by atoms with Gasteiger partial charge in [0.05, 0.1) is 13.1 Å². The Hall–Kier alpha value is -1.35. The summed E-state index contributed by atoms with van der Waals surface area (Å²) in [5, 5.41) is 2.43. The molecule has 4 rings (SSSR count). The number of hydrogen-bond donors (Lipinski definition) is 0. The van der Waals surface area contributed by atoms with E-state index in [4.69, 9.17) is 0 Å². The summed E-state index contributed by atoms with van der Waals surface area (Å²) in [7, 11) is 0. The van der Waals surface area contributed by atoms with Crippen LogP contribution in [-0.2, 0) is 50.5 Å². The number of piperidine rings is 1. The number of hydrogen-bond acceptors (Lipinski definition) is 1. The number of likely N-dealkylation sites (tertiary alicyclic amines) is 1. The standard InChI is InChI=1S/C25H28NO.Y/c27-24(18-23-14-9-13-22-12-5-6-15-25(22)23)20-26(16-7-2-8-17-26)19-21-10-3-1-4-11-21;/h1,3-6,9-15H,2,7-8,16-20H2;/q+1;. The van der Waals surface area contributed by atoms with Crippen LogP contribution in [0.4, 0.5) is 0 Å². The van der Waals surface area contributed by atoms with Crippen LogP contribution in [0.15, 0.2) is 72.8 Å². The fourth-order valence-corrected chi connectivity index (χ4v) is 4.61. The molecule has 3 aromatic rings. The number of quaternary nitrogens is 1. The Morgan fingerprint density at radius 3 is 2.25 bits per heavy atom. The first-order valence-corrected chi connectivity index (χ1v) is 10.1. The maximum atomic E-state index is 13.1. The fourth-order valence-electron chi connectivity index (χ4n) is 4.61. The molecule has 1 radical (unpaired) electrons. The summed E-state index contributed by atoms with van der Waals surface area (Å²) >= 11 is 0. The molecular weight excluding hydrogens is 419 g/mol. The SMILES string of the molecule is O=C(Cc1cccc2ccccc12)C[N+]1(Cc2ccccc2)CCCCC1.[Y]. The van der Waals surface area contributed by atoms with Crippen molar-refractivity contribution in [1.82, 2.24) is 0 Å². The van der Waals surface area contributed by atoms with Crippen molar-refractivity contribution < 1.29 is 42.0 Å². The third kappa shape index (κ3) is 5.17. The number of carbonyl (C=O) groups is 1. The van der Waals surface area contributed by atoms with E-state index in [9.17, 15) is 4.79 Å². The molecule has 1 fully saturated rings. The zero-order valence-corrected chi connectivity index (χ0v) is 19.4. The zero-order chi connectivity index (χ0) is 18.5. The molecule has 1 aliphatic heterocycles. The number of benzene rings is 3. The van der Waals surface area contributed by atoms with Gasteiger partial charge in [-0.1, -0.05) is 72.8 Å². The van der Waals surface area contributed by atoms with Gasteiger partial charge in [0.25, 0.3) is 0 Å². The first kappa shape index (κ1) is 21.4. The minimum absolute atomic E-state index is 0. The van der Waals surface area contributed by atoms with Crippen molar-refractivity contribution in [3.63, 3.8) is 0 Å². The predicted octanol–water partition coefficient (Wildman–Crippen LogP) is 5.15. The van der Waals surface area contributed by atoms with E-state index in [0.717, 1.165) is 29.7 Å². The van der Waals surface area contributed by atoms with Crippen LogP contribution in [0.3, 0.4) is 0 Å². The number of carbonyl (C=O) groups excluding carboxylic acids is 1. The van der Waals surface area contributed by atoms with Gasteiger partial charge in [0.1, 0.15) is 13.1 Å². The quantitative estimate of drug-likeness (QED) is 0.478. The molecule has 0 bridgehead atoms. The molecule has 0 aromatic heterocycles. The second kappa shape index (κ2) is 9.92. The van der Waals surface area contributed by atoms with Gasteiger partial charge < -0.3 is 4.48 Å². The van der Waals surface area contributed by atoms with Gasteiger partial charge in [0, 0.05) is 44.7 Å². The summed E-state index contributed by atoms with van der Waals surface area (Å²) in [6.45, 7) is 3.87. The predicted molar refractivity (Wildman–Crippen MR) is 112 cm³/mol. The Kier molecular flexibility index (Phi) is 7.57. The summed E-state index contributed by atoms with van der Waals surface area (Å²) in [5.41, 5.74) is 2.50. The van der Waals surface area contributed by atoms with Crippen LogP contribution >= 0.6 is 0 Å². The van der Waals surface area contributed by atoms with Crippen LogP contribution in [0.25, 0.3) is 10.8 Å². The van der Waals surface area contributed by atoms with Crippen molar-refractivity contribution in [2.75, 3.05) is 19.6 Å². The van der Waals surface area contributed by atoms with Crippen molar-refractivity contribution in [2.24, 2.45) is 0 Å². The molecule has 1 saturated heterocycles. The van der Waals surface area contributed by atoms with Gasteiger partial charge in [-0.3, -0.25) is 4.79 Å². The molecule has 1 heterocycles. The first-order valence-electron chi connectivity index (χ1n) is 10.1. The number of Topliss-reactive ketones (excluding diaryl/α,β-unsaturated/α-hetero) is 1. The minimum Gasteiger partial charge on any atom is -0.314 e. The molecule has 0 atom stereocenters. The van der Waals surface area contributed by atoms with Crippen LogP contribution in [0.2, 0.25) is 0 Å². The summed E-state index contributed by atoms with van der Waals surface area (Å²) in [5.74, 6) is 0.365. The first-order chi connectivity index (χ1) is 13.2. The molecule has 141 valence electrons. The van der Waals surface area contributed by atoms with Gasteiger partial charge in [-0.05, 0) is 35.6 Å². The summed E-state index contributed by atoms with van der Waals surface area (Å²) < 4.78 is 0.924. The van der Waals surface area contributed by atoms with Crippen LogP contribution in [-0.4, -0.2) is 29.9 Å². The van der Waals surface area contributed by atoms with Crippen molar-refractivity contribution in [1.29, 1.82) is 0 Å². The molecule has 0 aliphatic carbocycles. The number of fused-ring (bicyclic) bond motifs is 1. The van der Waals surface area contributed by atoms with E-state index < -0.39 is 0 Å². The van der Waals surface area contributed by atoms with E-state index in [1.54, 1.807) is 0 Å². The van der Waals surface area contributed by atoms with Crippen molar-refractivity contribution in [3.05, 3.63) is 83.9 Å². The van der Waals surface area contributed by atoms with Gasteiger partial charge >= 0.3 is 0 Å². The van der Waals surface area contributed by atoms with Crippen LogP contribution in [0, 0.1) is 0 Å². The Bertz CT molecular complexity index is 911. The third-order valence-electron chi connectivity index (χ3n) is 5.91. The van der Waals surface area contributed by atoms with E-state index in [1.165, 1.54) is 35.6 Å². The average Bonchev–Trinajstić information content (AvgIpc) is 2.69. The van der Waals surface area contributed by atoms with E-state index in [2.05, 4.69) is 72.8 Å². The molecule has 0 amide bonds. The summed E-state index contributed by atoms with van der Waals surface area (Å²) in [4.78, 5) is 13.1. The Morgan fingerprint density at radius 1 is 0.786 bits per heavy atom. The topological polar surface area (TPSA) is 17.1 Å². The molecule has 28 heavy (non-hydrogen) atoms. The van der Waals surface area contributed by atoms with E-state index >= 15 is 0 Å². The Labute approximate surface area is 193 Å². The van der Waals surface area contributed by atoms with Gasteiger partial charge in [0.15, 0.2) is 5.78 Å². The Morgan fingerprint density at radius 2 is 1.46 bits per heavy atom. The summed E-state index contributed by atoms with van der Waals surface area (Å²) in [6.07, 6.45) is 4.30. The smallest absolute Gasteiger partial charge is 0.191 e. The monoisotopic (exact) mass is 447 g/mol. The molecule has 3 aromatic carbocycles. The molecular formula is C25H28NOY+. The molecule has 0 spiro atoms. The minimum atomic E-state index is 0. The second-order valence-electron chi connectivity index (χ2n) is 8.01. The maximum absolute atomic E-state index is 13.1. The van der Waals surface area contributed by atoms with E-state index in [-0.39, 0.29) is 32.7 Å². The summed E-state index contributed by atoms with van der Waals surface area (Å²) in [6, 6.07) is 25.3. The van der Waals surface area contributed by atoms with Crippen LogP contribution in [0.5, 0.6) is 0 Å². The molecule has 3 heteroatoms. The maximum Gasteiger partial charge on any atom is 0.191 e. The number of ketones is 1. The van der Waals surface area contributed by atoms with Gasteiger partial charge in [-0.2, -0.15) is 0 Å². The molecule has 1 aliphatic rings. The molecule has 2 nitrogen and oxygen atoms in total. The molecule has 0 saturated carbocycles. The van der Waals surface area contributed by atoms with Crippen LogP contribution < -0.4 is 0 Å². The van der Waals surface area contributed by atoms with Crippen molar-refractivity contribution >= 4 is 16.6 Å². The Balaban J connectivity index is 0.00000225. The van der Waals surface area contributed by atoms with Gasteiger partial charge in [0.2, 0.25) is 0 Å². The van der Waals surface area contributed by atoms with Crippen molar-refractivity contribution in [3.8, 4) is 0 Å². The number of nitrogens with zero attached hydrogens (tertiary/aromatic N) is 1. The van der Waals surface area contributed by atoms with Gasteiger partial charge in [-0.25, -0.2) is 0 Å². The van der Waals surface area contributed by atoms with Crippen LogP contribution in [0.1, 0.15) is 30.4 Å². The second-order valence-corrected chi connectivity index (χ2v) is 8.01. The largest absolute Gasteiger partial charge is 0.314 e. The van der Waals surface area contributed by atoms with E-state index in [0.29, 0.717) is 18.7 Å². The number of rotatable bonds is 6. The molecule has 0 unspecified atom stereocenters.